The molecule has 6 nitrogen and oxygen atoms in total. The molecule has 2 aromatic carbocycles. The van der Waals surface area contributed by atoms with Crippen molar-refractivity contribution in [2.24, 2.45) is 0 Å². The normalized spacial score (nSPS) is 15.7. The Kier molecular flexibility index (Phi) is 7.22. The average Bonchev–Trinajstić information content (AvgIpc) is 3.21. The van der Waals surface area contributed by atoms with E-state index in [2.05, 4.69) is 10.6 Å². The van der Waals surface area contributed by atoms with E-state index >= 15 is 0 Å². The van der Waals surface area contributed by atoms with Crippen LogP contribution in [-0.2, 0) is 16.0 Å². The molecule has 1 saturated heterocycles. The van der Waals surface area contributed by atoms with Crippen molar-refractivity contribution >= 4 is 28.9 Å². The number of ether oxygens (including phenoxy) is 3. The fourth-order valence-electron chi connectivity index (χ4n) is 2.86. The van der Waals surface area contributed by atoms with E-state index in [4.69, 9.17) is 26.4 Å². The van der Waals surface area contributed by atoms with E-state index in [1.165, 1.54) is 0 Å². The minimum absolute atomic E-state index is 0.181. The summed E-state index contributed by atoms with van der Waals surface area (Å²) in [5.41, 5.74) is 1.66. The quantitative estimate of drug-likeness (QED) is 0.695. The third-order valence-corrected chi connectivity index (χ3v) is 4.55. The fourth-order valence-corrected chi connectivity index (χ4v) is 3.09. The molecule has 3 rings (SSSR count). The summed E-state index contributed by atoms with van der Waals surface area (Å²) in [5.74, 6) is 1.35. The molecule has 1 heterocycles. The summed E-state index contributed by atoms with van der Waals surface area (Å²) in [7, 11) is 1.61. The summed E-state index contributed by atoms with van der Waals surface area (Å²) in [4.78, 5) is 12.1. The molecule has 0 bridgehead atoms. The summed E-state index contributed by atoms with van der Waals surface area (Å²) in [6.45, 7) is 1.38. The van der Waals surface area contributed by atoms with Gasteiger partial charge in [-0.3, -0.25) is 4.79 Å². The van der Waals surface area contributed by atoms with Gasteiger partial charge >= 0.3 is 0 Å². The highest BCUT2D eigenvalue weighted by atomic mass is 32.1. The molecule has 0 unspecified atom stereocenters. The molecule has 1 atom stereocenters. The Morgan fingerprint density at radius 1 is 1.14 bits per heavy atom. The second-order valence-corrected chi connectivity index (χ2v) is 6.91. The van der Waals surface area contributed by atoms with Crippen molar-refractivity contribution in [3.8, 4) is 11.5 Å². The maximum absolute atomic E-state index is 12.1. The molecule has 148 valence electrons. The van der Waals surface area contributed by atoms with E-state index in [1.807, 2.05) is 48.5 Å². The number of amides is 1. The van der Waals surface area contributed by atoms with Crippen molar-refractivity contribution < 1.29 is 19.0 Å². The number of hydrogen-bond donors (Lipinski definition) is 2. The third kappa shape index (κ3) is 6.21. The predicted molar refractivity (Wildman–Crippen MR) is 112 cm³/mol. The summed E-state index contributed by atoms with van der Waals surface area (Å²) in [5, 5.41) is 5.94. The third-order valence-electron chi connectivity index (χ3n) is 4.35. The second kappa shape index (κ2) is 10.1. The SMILES string of the molecule is COc1ccc(CC(=O)NC(=S)Nc2ccc(OC[C@@H]3CCCO3)cc2)cc1. The number of nitrogens with one attached hydrogen (secondary N) is 2. The van der Waals surface area contributed by atoms with Crippen molar-refractivity contribution in [1.29, 1.82) is 0 Å². The van der Waals surface area contributed by atoms with Gasteiger partial charge in [0.1, 0.15) is 18.1 Å². The van der Waals surface area contributed by atoms with Crippen LogP contribution in [0.1, 0.15) is 18.4 Å². The van der Waals surface area contributed by atoms with Gasteiger partial charge in [0.15, 0.2) is 5.11 Å². The standard InChI is InChI=1S/C21H24N2O4S/c1-25-17-8-4-15(5-9-17)13-20(24)23-21(28)22-16-6-10-18(11-7-16)27-14-19-3-2-12-26-19/h4-11,19H,2-3,12-14H2,1H3,(H2,22,23,24,28)/t19-/m0/s1. The van der Waals surface area contributed by atoms with Crippen LogP contribution < -0.4 is 20.1 Å². The molecule has 28 heavy (non-hydrogen) atoms. The molecule has 0 spiro atoms. The van der Waals surface area contributed by atoms with E-state index in [9.17, 15) is 4.79 Å². The van der Waals surface area contributed by atoms with E-state index in [-0.39, 0.29) is 23.5 Å². The molecule has 1 aliphatic rings. The molecule has 0 aliphatic carbocycles. The Hall–Kier alpha value is -2.64. The van der Waals surface area contributed by atoms with Gasteiger partial charge in [-0.2, -0.15) is 0 Å². The van der Waals surface area contributed by atoms with Crippen LogP contribution in [0.3, 0.4) is 0 Å². The molecular formula is C21H24N2O4S. The summed E-state index contributed by atoms with van der Waals surface area (Å²) < 4.78 is 16.4. The van der Waals surface area contributed by atoms with Crippen molar-refractivity contribution in [1.82, 2.24) is 5.32 Å². The fraction of sp³-hybridized carbons (Fsp3) is 0.333. The minimum atomic E-state index is -0.181. The van der Waals surface area contributed by atoms with Crippen LogP contribution in [0, 0.1) is 0 Å². The van der Waals surface area contributed by atoms with E-state index in [1.54, 1.807) is 7.11 Å². The van der Waals surface area contributed by atoms with E-state index < -0.39 is 0 Å². The molecule has 7 heteroatoms. The minimum Gasteiger partial charge on any atom is -0.497 e. The Balaban J connectivity index is 1.42. The summed E-state index contributed by atoms with van der Waals surface area (Å²) >= 11 is 5.21. The highest BCUT2D eigenvalue weighted by Gasteiger charge is 2.15. The number of thiocarbonyl (C=S) groups is 1. The van der Waals surface area contributed by atoms with E-state index in [0.717, 1.165) is 42.2 Å². The zero-order valence-electron chi connectivity index (χ0n) is 15.8. The highest BCUT2D eigenvalue weighted by molar-refractivity contribution is 7.80. The number of hydrogen-bond acceptors (Lipinski definition) is 5. The van der Waals surface area contributed by atoms with Crippen LogP contribution >= 0.6 is 12.2 Å². The van der Waals surface area contributed by atoms with Gasteiger partial charge in [0.2, 0.25) is 5.91 Å². The van der Waals surface area contributed by atoms with Crippen molar-refractivity contribution in [2.75, 3.05) is 25.6 Å². The van der Waals surface area contributed by atoms with Gasteiger partial charge in [-0.25, -0.2) is 0 Å². The van der Waals surface area contributed by atoms with E-state index in [0.29, 0.717) is 6.61 Å². The number of carbonyl (C=O) groups excluding carboxylic acids is 1. The lowest BCUT2D eigenvalue weighted by Crippen LogP contribution is -2.35. The number of anilines is 1. The molecule has 1 amide bonds. The molecule has 1 fully saturated rings. The van der Waals surface area contributed by atoms with Crippen LogP contribution in [0.15, 0.2) is 48.5 Å². The van der Waals surface area contributed by atoms with Crippen LogP contribution in [-0.4, -0.2) is 37.4 Å². The molecule has 2 N–H and O–H groups in total. The number of carbonyl (C=O) groups is 1. The van der Waals surface area contributed by atoms with Gasteiger partial charge < -0.3 is 24.8 Å². The first-order chi connectivity index (χ1) is 13.6. The second-order valence-electron chi connectivity index (χ2n) is 6.50. The first kappa shape index (κ1) is 20.1. The maximum Gasteiger partial charge on any atom is 0.230 e. The highest BCUT2D eigenvalue weighted by Crippen LogP contribution is 2.18. The van der Waals surface area contributed by atoms with Gasteiger partial charge in [-0.15, -0.1) is 0 Å². The lowest BCUT2D eigenvalue weighted by atomic mass is 10.1. The van der Waals surface area contributed by atoms with Gasteiger partial charge in [0.25, 0.3) is 0 Å². The number of benzene rings is 2. The number of rotatable bonds is 7. The zero-order valence-corrected chi connectivity index (χ0v) is 16.6. The molecule has 2 aromatic rings. The lowest BCUT2D eigenvalue weighted by Gasteiger charge is -2.13. The average molecular weight is 401 g/mol. The van der Waals surface area contributed by atoms with Gasteiger partial charge in [-0.1, -0.05) is 12.1 Å². The first-order valence-corrected chi connectivity index (χ1v) is 9.61. The Labute approximate surface area is 170 Å². The predicted octanol–water partition coefficient (Wildman–Crippen LogP) is 3.31. The molecule has 1 aliphatic heterocycles. The van der Waals surface area contributed by atoms with Gasteiger partial charge in [0, 0.05) is 12.3 Å². The van der Waals surface area contributed by atoms with Crippen LogP contribution in [0.4, 0.5) is 5.69 Å². The number of methoxy groups -OCH3 is 1. The topological polar surface area (TPSA) is 68.8 Å². The van der Waals surface area contributed by atoms with Crippen molar-refractivity contribution in [3.05, 3.63) is 54.1 Å². The smallest absolute Gasteiger partial charge is 0.230 e. The lowest BCUT2D eigenvalue weighted by molar-refractivity contribution is -0.119. The Bertz CT molecular complexity index is 787. The van der Waals surface area contributed by atoms with Crippen molar-refractivity contribution in [3.63, 3.8) is 0 Å². The van der Waals surface area contributed by atoms with Crippen LogP contribution in [0.5, 0.6) is 11.5 Å². The molecule has 0 aromatic heterocycles. The molecule has 0 saturated carbocycles. The summed E-state index contributed by atoms with van der Waals surface area (Å²) in [6, 6.07) is 14.8. The van der Waals surface area contributed by atoms with Crippen LogP contribution in [0.25, 0.3) is 0 Å². The summed E-state index contributed by atoms with van der Waals surface area (Å²) in [6.07, 6.45) is 2.57. The molecular weight excluding hydrogens is 376 g/mol. The van der Waals surface area contributed by atoms with Gasteiger partial charge in [-0.05, 0) is 67.0 Å². The molecule has 0 radical (unpaired) electrons. The van der Waals surface area contributed by atoms with Crippen LogP contribution in [0.2, 0.25) is 0 Å². The zero-order chi connectivity index (χ0) is 19.8. The monoisotopic (exact) mass is 400 g/mol. The Morgan fingerprint density at radius 3 is 2.50 bits per heavy atom. The maximum atomic E-state index is 12.1. The first-order valence-electron chi connectivity index (χ1n) is 9.20. The Morgan fingerprint density at radius 2 is 1.86 bits per heavy atom. The largest absolute Gasteiger partial charge is 0.497 e. The van der Waals surface area contributed by atoms with Crippen molar-refractivity contribution in [2.45, 2.75) is 25.4 Å². The van der Waals surface area contributed by atoms with Gasteiger partial charge in [0.05, 0.1) is 19.6 Å².